The summed E-state index contributed by atoms with van der Waals surface area (Å²) in [6.07, 6.45) is 0.765. The van der Waals surface area contributed by atoms with Crippen molar-refractivity contribution in [2.45, 2.75) is 26.3 Å². The predicted octanol–water partition coefficient (Wildman–Crippen LogP) is -0.453. The number of carbonyl (C=O) groups excluding carboxylic acids is 1. The second-order valence-electron chi connectivity index (χ2n) is 3.02. The molecule has 1 aliphatic heterocycles. The molecular formula is C7H14NO+. The average molecular weight is 128 g/mol. The van der Waals surface area contributed by atoms with Crippen molar-refractivity contribution in [3.63, 3.8) is 0 Å². The smallest absolute Gasteiger partial charge is 0.147 e. The molecule has 0 radical (unpaired) electrons. The average Bonchev–Trinajstić information content (AvgIpc) is 1.80. The number of ketones is 1. The Morgan fingerprint density at radius 1 is 1.56 bits per heavy atom. The maximum atomic E-state index is 11.0. The highest BCUT2D eigenvalue weighted by Gasteiger charge is 2.24. The molecule has 0 amide bonds. The molecule has 1 rings (SSSR count). The molecule has 2 atom stereocenters. The molecule has 0 spiro atoms. The van der Waals surface area contributed by atoms with Crippen LogP contribution in [0.5, 0.6) is 0 Å². The third kappa shape index (κ3) is 1.52. The largest absolute Gasteiger partial charge is 0.343 e. The molecule has 9 heavy (non-hydrogen) atoms. The minimum Gasteiger partial charge on any atom is -0.343 e. The van der Waals surface area contributed by atoms with Crippen molar-refractivity contribution in [2.75, 3.05) is 6.54 Å². The third-order valence-electron chi connectivity index (χ3n) is 1.96. The summed E-state index contributed by atoms with van der Waals surface area (Å²) < 4.78 is 0. The fourth-order valence-electron chi connectivity index (χ4n) is 1.17. The number of carbonyl (C=O) groups is 1. The van der Waals surface area contributed by atoms with Crippen LogP contribution in [0.25, 0.3) is 0 Å². The summed E-state index contributed by atoms with van der Waals surface area (Å²) >= 11 is 0. The van der Waals surface area contributed by atoms with Crippen molar-refractivity contribution in [2.24, 2.45) is 5.92 Å². The zero-order valence-corrected chi connectivity index (χ0v) is 6.05. The van der Waals surface area contributed by atoms with E-state index in [2.05, 4.69) is 12.2 Å². The Morgan fingerprint density at radius 2 is 2.22 bits per heavy atom. The normalized spacial score (nSPS) is 36.9. The highest BCUT2D eigenvalue weighted by molar-refractivity contribution is 5.81. The lowest BCUT2D eigenvalue weighted by molar-refractivity contribution is -0.692. The van der Waals surface area contributed by atoms with Crippen molar-refractivity contribution in [1.82, 2.24) is 0 Å². The van der Waals surface area contributed by atoms with Gasteiger partial charge in [-0.2, -0.15) is 0 Å². The standard InChI is InChI=1S/C7H13NO/c1-5-4-8-6(2)3-7(5)9/h5-6,8H,3-4H2,1-2H3/p+1/t5-,6-/m1/s1. The molecule has 0 aromatic heterocycles. The molecule has 0 bridgehead atoms. The molecule has 2 heteroatoms. The van der Waals surface area contributed by atoms with E-state index in [0.29, 0.717) is 17.7 Å². The Bertz CT molecular complexity index is 122. The van der Waals surface area contributed by atoms with Gasteiger partial charge in [0.25, 0.3) is 0 Å². The van der Waals surface area contributed by atoms with Crippen molar-refractivity contribution in [1.29, 1.82) is 0 Å². The number of quaternary nitrogens is 1. The van der Waals surface area contributed by atoms with Crippen molar-refractivity contribution < 1.29 is 10.1 Å². The van der Waals surface area contributed by atoms with Gasteiger partial charge in [-0.25, -0.2) is 0 Å². The summed E-state index contributed by atoms with van der Waals surface area (Å²) in [6, 6.07) is 0.522. The van der Waals surface area contributed by atoms with E-state index in [1.54, 1.807) is 0 Å². The van der Waals surface area contributed by atoms with Crippen LogP contribution in [0.2, 0.25) is 0 Å². The van der Waals surface area contributed by atoms with Gasteiger partial charge in [0.05, 0.1) is 24.9 Å². The highest BCUT2D eigenvalue weighted by Crippen LogP contribution is 2.02. The molecule has 1 aliphatic rings. The molecule has 0 aliphatic carbocycles. The van der Waals surface area contributed by atoms with Gasteiger partial charge in [0.2, 0.25) is 0 Å². The first-order valence-corrected chi connectivity index (χ1v) is 3.56. The van der Waals surface area contributed by atoms with E-state index in [4.69, 9.17) is 0 Å². The molecule has 1 fully saturated rings. The van der Waals surface area contributed by atoms with Crippen molar-refractivity contribution in [3.8, 4) is 0 Å². The fraction of sp³-hybridized carbons (Fsp3) is 0.857. The van der Waals surface area contributed by atoms with Crippen molar-refractivity contribution >= 4 is 5.78 Å². The topological polar surface area (TPSA) is 33.7 Å². The van der Waals surface area contributed by atoms with E-state index in [0.717, 1.165) is 13.0 Å². The maximum absolute atomic E-state index is 11.0. The quantitative estimate of drug-likeness (QED) is 0.471. The minimum atomic E-state index is 0.293. The molecule has 0 aromatic rings. The number of rotatable bonds is 0. The summed E-state index contributed by atoms with van der Waals surface area (Å²) in [4.78, 5) is 11.0. The molecule has 52 valence electrons. The summed E-state index contributed by atoms with van der Waals surface area (Å²) in [7, 11) is 0. The minimum absolute atomic E-state index is 0.293. The van der Waals surface area contributed by atoms with Gasteiger partial charge in [-0.15, -0.1) is 0 Å². The van der Waals surface area contributed by atoms with E-state index in [-0.39, 0.29) is 0 Å². The Morgan fingerprint density at radius 3 is 2.67 bits per heavy atom. The molecule has 0 unspecified atom stereocenters. The number of Topliss-reactive ketones (excluding diaryl/α,β-unsaturated/α-hetero) is 1. The molecule has 1 saturated heterocycles. The van der Waals surface area contributed by atoms with Crippen molar-refractivity contribution in [3.05, 3.63) is 0 Å². The van der Waals surface area contributed by atoms with E-state index >= 15 is 0 Å². The fourth-order valence-corrected chi connectivity index (χ4v) is 1.17. The molecule has 2 N–H and O–H groups in total. The highest BCUT2D eigenvalue weighted by atomic mass is 16.1. The molecule has 1 heterocycles. The van der Waals surface area contributed by atoms with Gasteiger partial charge in [0.1, 0.15) is 5.78 Å². The number of hydrogen-bond donors (Lipinski definition) is 1. The summed E-state index contributed by atoms with van der Waals surface area (Å²) in [5.74, 6) is 0.728. The van der Waals surface area contributed by atoms with Crippen LogP contribution in [0.3, 0.4) is 0 Å². The van der Waals surface area contributed by atoms with Crippen LogP contribution in [0.15, 0.2) is 0 Å². The van der Waals surface area contributed by atoms with Gasteiger partial charge >= 0.3 is 0 Å². The monoisotopic (exact) mass is 128 g/mol. The van der Waals surface area contributed by atoms with Gasteiger partial charge in [0.15, 0.2) is 0 Å². The molecular weight excluding hydrogens is 114 g/mol. The zero-order chi connectivity index (χ0) is 6.85. The Labute approximate surface area is 55.6 Å². The van der Waals surface area contributed by atoms with Crippen LogP contribution in [-0.2, 0) is 4.79 Å². The van der Waals surface area contributed by atoms with Crippen LogP contribution < -0.4 is 5.32 Å². The molecule has 0 saturated carbocycles. The Balaban J connectivity index is 2.44. The van der Waals surface area contributed by atoms with Crippen LogP contribution in [0.1, 0.15) is 20.3 Å². The summed E-state index contributed by atoms with van der Waals surface area (Å²) in [6.45, 7) is 5.09. The second kappa shape index (κ2) is 2.48. The lowest BCUT2D eigenvalue weighted by Crippen LogP contribution is -2.92. The lowest BCUT2D eigenvalue weighted by Gasteiger charge is -2.19. The first-order chi connectivity index (χ1) is 4.20. The first kappa shape index (κ1) is 6.75. The van der Waals surface area contributed by atoms with Gasteiger partial charge in [-0.05, 0) is 6.92 Å². The van der Waals surface area contributed by atoms with Gasteiger partial charge < -0.3 is 5.32 Å². The Kier molecular flexibility index (Phi) is 1.86. The van der Waals surface area contributed by atoms with Crippen LogP contribution >= 0.6 is 0 Å². The Hall–Kier alpha value is -0.370. The third-order valence-corrected chi connectivity index (χ3v) is 1.96. The van der Waals surface area contributed by atoms with E-state index in [1.165, 1.54) is 0 Å². The SMILES string of the molecule is C[C@@H]1CC(=O)[C@H](C)C[NH2+]1. The maximum Gasteiger partial charge on any atom is 0.147 e. The lowest BCUT2D eigenvalue weighted by atomic mass is 9.96. The van der Waals surface area contributed by atoms with Crippen LogP contribution in [0.4, 0.5) is 0 Å². The van der Waals surface area contributed by atoms with Gasteiger partial charge in [0, 0.05) is 0 Å². The summed E-state index contributed by atoms with van der Waals surface area (Å²) in [5.41, 5.74) is 0. The molecule has 2 nitrogen and oxygen atoms in total. The zero-order valence-electron chi connectivity index (χ0n) is 6.05. The predicted molar refractivity (Wildman–Crippen MR) is 35.0 cm³/mol. The van der Waals surface area contributed by atoms with E-state index < -0.39 is 0 Å². The second-order valence-corrected chi connectivity index (χ2v) is 3.02. The van der Waals surface area contributed by atoms with Gasteiger partial charge in [-0.3, -0.25) is 4.79 Å². The number of nitrogens with two attached hydrogens (primary N) is 1. The van der Waals surface area contributed by atoms with Crippen LogP contribution in [-0.4, -0.2) is 18.4 Å². The van der Waals surface area contributed by atoms with Crippen LogP contribution in [0, 0.1) is 5.92 Å². The molecule has 0 aromatic carbocycles. The summed E-state index contributed by atoms with van der Waals surface area (Å²) in [5, 5.41) is 2.24. The first-order valence-electron chi connectivity index (χ1n) is 3.56. The van der Waals surface area contributed by atoms with E-state index in [1.807, 2.05) is 6.92 Å². The van der Waals surface area contributed by atoms with Gasteiger partial charge in [-0.1, -0.05) is 6.92 Å². The number of piperidine rings is 1. The van der Waals surface area contributed by atoms with E-state index in [9.17, 15) is 4.79 Å². The number of hydrogen-bond acceptors (Lipinski definition) is 1.